The lowest BCUT2D eigenvalue weighted by molar-refractivity contribution is -0.208. The first-order chi connectivity index (χ1) is 21.1. The Kier molecular flexibility index (Phi) is 20.4. The molecule has 0 aromatic heterocycles. The van der Waals surface area contributed by atoms with Crippen molar-refractivity contribution in [2.45, 2.75) is 47.2 Å². The number of rotatable bonds is 11. The second kappa shape index (κ2) is 19.6. The number of alkyl halides is 18. The van der Waals surface area contributed by atoms with Crippen LogP contribution in [0.4, 0.5) is 0 Å². The third-order valence-electron chi connectivity index (χ3n) is 4.21. The van der Waals surface area contributed by atoms with Gasteiger partial charge in [-0.15, -0.1) is 0 Å². The van der Waals surface area contributed by atoms with Crippen molar-refractivity contribution in [2.24, 2.45) is 0 Å². The van der Waals surface area contributed by atoms with Crippen molar-refractivity contribution in [1.29, 1.82) is 0 Å². The monoisotopic (exact) mass is 1050 g/mol. The molecule has 0 aliphatic carbocycles. The molecule has 0 aliphatic heterocycles. The van der Waals surface area contributed by atoms with Crippen LogP contribution in [0.1, 0.15) is 0 Å². The minimum absolute atomic E-state index is 1.42. The van der Waals surface area contributed by atoms with Gasteiger partial charge in [-0.25, -0.2) is 28.8 Å². The highest BCUT2D eigenvalue weighted by molar-refractivity contribution is 6.78. The Hall–Kier alpha value is 2.04. The normalized spacial score (nSPS) is 15.6. The molecule has 0 saturated heterocycles. The van der Waals surface area contributed by atoms with Crippen LogP contribution in [0.5, 0.6) is 0 Å². The van der Waals surface area contributed by atoms with E-state index in [9.17, 15) is 28.8 Å². The van der Waals surface area contributed by atoms with Gasteiger partial charge in [-0.2, -0.15) is 0 Å². The van der Waals surface area contributed by atoms with Gasteiger partial charge in [0.05, 0.1) is 0 Å². The van der Waals surface area contributed by atoms with E-state index in [2.05, 4.69) is 0 Å². The molecule has 0 N–H and O–H groups in total. The zero-order valence-corrected chi connectivity index (χ0v) is 35.0. The Morgan fingerprint density at radius 2 is 0.521 bits per heavy atom. The van der Waals surface area contributed by atoms with E-state index >= 15 is 0 Å². The quantitative estimate of drug-likeness (QED) is 0.112. The Labute approximate surface area is 358 Å². The molecular formula is C18H8Cl18O12. The first-order valence-electron chi connectivity index (χ1n) is 10.7. The average molecular weight is 1050 g/mol. The molecule has 0 bridgehead atoms. The third kappa shape index (κ3) is 18.4. The van der Waals surface area contributed by atoms with Crippen LogP contribution in [0.2, 0.25) is 0 Å². The van der Waals surface area contributed by atoms with E-state index in [-0.39, 0.29) is 0 Å². The van der Waals surface area contributed by atoms with Crippen molar-refractivity contribution in [1.82, 2.24) is 0 Å². The van der Waals surface area contributed by atoms with E-state index in [1.165, 1.54) is 0 Å². The number of carbonyl (C=O) groups is 6. The summed E-state index contributed by atoms with van der Waals surface area (Å²) < 4.78 is 11.9. The van der Waals surface area contributed by atoms with Crippen LogP contribution in [-0.4, -0.2) is 96.2 Å². The fourth-order valence-electron chi connectivity index (χ4n) is 2.37. The fraction of sp³-hybridized carbons (Fsp3) is 0.667. The van der Waals surface area contributed by atoms with E-state index in [1.54, 1.807) is 0 Å². The zero-order valence-electron chi connectivity index (χ0n) is 21.4. The van der Waals surface area contributed by atoms with Crippen LogP contribution in [0.15, 0.2) is 0 Å². The highest BCUT2D eigenvalue weighted by Gasteiger charge is 2.52. The van der Waals surface area contributed by atoms with Gasteiger partial charge in [0.15, 0.2) is 24.4 Å². The first-order valence-corrected chi connectivity index (χ1v) is 17.5. The maximum atomic E-state index is 12.8. The smallest absolute Gasteiger partial charge is 0.359 e. The van der Waals surface area contributed by atoms with Gasteiger partial charge in [-0.05, 0) is 0 Å². The van der Waals surface area contributed by atoms with Crippen LogP contribution in [0.25, 0.3) is 0 Å². The van der Waals surface area contributed by atoms with Crippen molar-refractivity contribution in [3.63, 3.8) is 0 Å². The molecule has 0 radical (unpaired) electrons. The van der Waals surface area contributed by atoms with Gasteiger partial charge in [-0.1, -0.05) is 209 Å². The highest BCUT2D eigenvalue weighted by Crippen LogP contribution is 2.36. The molecule has 48 heavy (non-hydrogen) atoms. The Balaban J connectivity index is 7.71. The minimum atomic E-state index is -3.04. The van der Waals surface area contributed by atoms with Crippen LogP contribution >= 0.6 is 209 Å². The number of carbonyl (C=O) groups excluding carboxylic acids is 6. The van der Waals surface area contributed by atoms with Crippen LogP contribution in [-0.2, 0) is 57.2 Å². The standard InChI is InChI=1S/C18H8Cl18O12/c19-13(20,21)7(37)43-1-3(45-9(39)15(25,26)27)5(47-11(41)17(31,32)33)6(48-12(42)18(34,35)36)4(46-10(40)16(28,29)30)2-44-8(38)14(22,23)24/h3-6H,1-2H2. The van der Waals surface area contributed by atoms with Crippen molar-refractivity contribution >= 4 is 245 Å². The summed E-state index contributed by atoms with van der Waals surface area (Å²) >= 11 is 99.6. The third-order valence-corrected chi connectivity index (χ3v) is 6.98. The molecule has 0 fully saturated rings. The van der Waals surface area contributed by atoms with Gasteiger partial charge in [-0.3, -0.25) is 0 Å². The maximum Gasteiger partial charge on any atom is 0.359 e. The van der Waals surface area contributed by atoms with Crippen LogP contribution in [0.3, 0.4) is 0 Å². The Morgan fingerprint density at radius 1 is 0.333 bits per heavy atom. The molecule has 4 atom stereocenters. The topological polar surface area (TPSA) is 158 Å². The number of esters is 6. The van der Waals surface area contributed by atoms with Crippen LogP contribution < -0.4 is 0 Å². The van der Waals surface area contributed by atoms with Gasteiger partial charge in [0.2, 0.25) is 0 Å². The molecule has 0 aliphatic rings. The lowest BCUT2D eigenvalue weighted by Crippen LogP contribution is -2.57. The lowest BCUT2D eigenvalue weighted by Gasteiger charge is -2.37. The van der Waals surface area contributed by atoms with E-state index < -0.39 is 96.2 Å². The summed E-state index contributed by atoms with van der Waals surface area (Å²) in [7, 11) is 0. The van der Waals surface area contributed by atoms with Crippen molar-refractivity contribution in [2.75, 3.05) is 13.2 Å². The molecular weight excluding hydrogens is 1050 g/mol. The van der Waals surface area contributed by atoms with Gasteiger partial charge in [0, 0.05) is 0 Å². The van der Waals surface area contributed by atoms with Crippen molar-refractivity contribution in [3.8, 4) is 0 Å². The second-order valence-electron chi connectivity index (χ2n) is 7.81. The summed E-state index contributed by atoms with van der Waals surface area (Å²) in [6, 6.07) is 0. The SMILES string of the molecule is O=C(OCC(OC(=O)C(Cl)(Cl)Cl)C(OC(=O)C(Cl)(Cl)Cl)C(OC(=O)C(Cl)(Cl)Cl)C(COC(=O)C(Cl)(Cl)Cl)OC(=O)C(Cl)(Cl)Cl)C(Cl)(Cl)Cl. The van der Waals surface area contributed by atoms with E-state index in [0.29, 0.717) is 0 Å². The van der Waals surface area contributed by atoms with Crippen LogP contribution in [0, 0.1) is 0 Å². The Bertz CT molecular complexity index is 1100. The van der Waals surface area contributed by atoms with Gasteiger partial charge in [0.1, 0.15) is 13.2 Å². The lowest BCUT2D eigenvalue weighted by atomic mass is 10.0. The number of hydrogen-bond acceptors (Lipinski definition) is 12. The molecule has 30 heteroatoms. The maximum absolute atomic E-state index is 12.8. The number of halogens is 18. The summed E-state index contributed by atoms with van der Waals surface area (Å²) in [5.41, 5.74) is 0. The van der Waals surface area contributed by atoms with Gasteiger partial charge in [0.25, 0.3) is 22.8 Å². The van der Waals surface area contributed by atoms with E-state index in [0.717, 1.165) is 0 Å². The molecule has 4 unspecified atom stereocenters. The molecule has 0 saturated carbocycles. The van der Waals surface area contributed by atoms with Gasteiger partial charge < -0.3 is 28.4 Å². The molecule has 0 spiro atoms. The fourth-order valence-corrected chi connectivity index (χ4v) is 3.23. The zero-order chi connectivity index (χ0) is 38.4. The predicted molar refractivity (Wildman–Crippen MR) is 183 cm³/mol. The van der Waals surface area contributed by atoms with Crippen molar-refractivity contribution in [3.05, 3.63) is 0 Å². The summed E-state index contributed by atoms with van der Waals surface area (Å²) in [4.78, 5) is 75.4. The molecule has 0 amide bonds. The minimum Gasteiger partial charge on any atom is -0.458 e. The second-order valence-corrected chi connectivity index (χ2v) is 21.5. The summed E-state index contributed by atoms with van der Waals surface area (Å²) in [5, 5.41) is 0. The average Bonchev–Trinajstić information content (AvgIpc) is 2.86. The molecule has 12 nitrogen and oxygen atoms in total. The molecule has 0 aromatic carbocycles. The molecule has 0 rings (SSSR count). The highest BCUT2D eigenvalue weighted by atomic mass is 35.6. The predicted octanol–water partition coefficient (Wildman–Crippen LogP) is 7.94. The van der Waals surface area contributed by atoms with E-state index in [1.807, 2.05) is 0 Å². The summed E-state index contributed by atoms with van der Waals surface area (Å²) in [6.07, 6.45) is -10.3. The molecule has 0 heterocycles. The van der Waals surface area contributed by atoms with Gasteiger partial charge >= 0.3 is 35.8 Å². The summed E-state index contributed by atoms with van der Waals surface area (Å²) in [5.74, 6) is -10.9. The summed E-state index contributed by atoms with van der Waals surface area (Å²) in [6.45, 7) is -2.84. The molecule has 0 aromatic rings. The largest absolute Gasteiger partial charge is 0.458 e. The number of hydrogen-bond donors (Lipinski definition) is 0. The Morgan fingerprint density at radius 3 is 0.708 bits per heavy atom. The number of ether oxygens (including phenoxy) is 6. The van der Waals surface area contributed by atoms with Crippen molar-refractivity contribution < 1.29 is 57.2 Å². The molecule has 278 valence electrons. The van der Waals surface area contributed by atoms with E-state index in [4.69, 9.17) is 237 Å². The first kappa shape index (κ1) is 50.0.